The minimum atomic E-state index is -0.558. The fourth-order valence-electron chi connectivity index (χ4n) is 1.34. The molecular weight excluding hydrogens is 324 g/mol. The molecule has 0 fully saturated rings. The third-order valence-corrected chi connectivity index (χ3v) is 2.82. The molecule has 0 unspecified atom stereocenters. The van der Waals surface area contributed by atoms with Crippen LogP contribution in [0.25, 0.3) is 0 Å². The van der Waals surface area contributed by atoms with Crippen LogP contribution in [0.5, 0.6) is 5.75 Å². The van der Waals surface area contributed by atoms with Crippen molar-refractivity contribution in [2.24, 2.45) is 0 Å². The van der Waals surface area contributed by atoms with E-state index in [4.69, 9.17) is 9.47 Å². The van der Waals surface area contributed by atoms with Gasteiger partial charge in [0.05, 0.1) is 16.2 Å². The summed E-state index contributed by atoms with van der Waals surface area (Å²) in [6, 6.07) is 1.80. The Kier molecular flexibility index (Phi) is 5.39. The summed E-state index contributed by atoms with van der Waals surface area (Å²) in [5.41, 5.74) is -1.08. The van der Waals surface area contributed by atoms with Crippen molar-refractivity contribution in [3.63, 3.8) is 0 Å². The number of ether oxygens (including phenoxy) is 2. The van der Waals surface area contributed by atoms with Crippen LogP contribution >= 0.6 is 15.9 Å². The number of aromatic nitrogens is 1. The van der Waals surface area contributed by atoms with Crippen LogP contribution in [0.15, 0.2) is 22.9 Å². The third-order valence-electron chi connectivity index (χ3n) is 2.16. The Morgan fingerprint density at radius 2 is 2.00 bits per heavy atom. The maximum atomic E-state index is 11.7. The summed E-state index contributed by atoms with van der Waals surface area (Å²) in [7, 11) is 0. The number of carbonyl (C=O) groups is 1. The number of amides is 1. The predicted molar refractivity (Wildman–Crippen MR) is 80.9 cm³/mol. The van der Waals surface area contributed by atoms with E-state index in [1.54, 1.807) is 18.5 Å². The van der Waals surface area contributed by atoms with Gasteiger partial charge in [0.25, 0.3) is 0 Å². The lowest BCUT2D eigenvalue weighted by Crippen LogP contribution is -2.49. The van der Waals surface area contributed by atoms with Crippen LogP contribution in [-0.2, 0) is 4.74 Å². The van der Waals surface area contributed by atoms with Crippen LogP contribution in [0.3, 0.4) is 0 Å². The second-order valence-electron chi connectivity index (χ2n) is 6.11. The van der Waals surface area contributed by atoms with E-state index < -0.39 is 17.2 Å². The number of rotatable bonds is 4. The standard InChI is InChI=1S/C14H21BrN2O3/c1-13(2,3)20-12(18)17-14(4,5)9-19-11-8-16-7-6-10(11)15/h6-8H,9H2,1-5H3,(H,17,18). The van der Waals surface area contributed by atoms with E-state index in [1.807, 2.05) is 34.6 Å². The van der Waals surface area contributed by atoms with Crippen LogP contribution < -0.4 is 10.1 Å². The highest BCUT2D eigenvalue weighted by Gasteiger charge is 2.25. The van der Waals surface area contributed by atoms with E-state index in [-0.39, 0.29) is 0 Å². The maximum absolute atomic E-state index is 11.7. The molecule has 1 aromatic rings. The molecule has 1 aromatic heterocycles. The van der Waals surface area contributed by atoms with Crippen molar-refractivity contribution in [2.45, 2.75) is 45.8 Å². The van der Waals surface area contributed by atoms with Crippen molar-refractivity contribution in [3.05, 3.63) is 22.9 Å². The first-order valence-electron chi connectivity index (χ1n) is 6.32. The smallest absolute Gasteiger partial charge is 0.408 e. The van der Waals surface area contributed by atoms with E-state index in [9.17, 15) is 4.79 Å². The molecule has 0 aliphatic heterocycles. The molecule has 1 heterocycles. The zero-order valence-corrected chi connectivity index (χ0v) is 14.1. The van der Waals surface area contributed by atoms with Crippen molar-refractivity contribution in [1.82, 2.24) is 10.3 Å². The molecule has 0 aromatic carbocycles. The fourth-order valence-corrected chi connectivity index (χ4v) is 1.68. The number of nitrogens with zero attached hydrogens (tertiary/aromatic N) is 1. The third kappa shape index (κ3) is 6.23. The van der Waals surface area contributed by atoms with Gasteiger partial charge < -0.3 is 14.8 Å². The zero-order chi connectivity index (χ0) is 15.4. The number of halogens is 1. The Labute approximate surface area is 128 Å². The summed E-state index contributed by atoms with van der Waals surface area (Å²) >= 11 is 3.38. The monoisotopic (exact) mass is 344 g/mol. The first-order chi connectivity index (χ1) is 9.09. The highest BCUT2D eigenvalue weighted by atomic mass is 79.9. The summed E-state index contributed by atoms with van der Waals surface area (Å²) < 4.78 is 11.7. The molecule has 5 nitrogen and oxygen atoms in total. The molecule has 0 spiro atoms. The lowest BCUT2D eigenvalue weighted by Gasteiger charge is -2.28. The molecule has 0 saturated carbocycles. The number of pyridine rings is 1. The molecule has 1 rings (SSSR count). The molecule has 1 N–H and O–H groups in total. The predicted octanol–water partition coefficient (Wildman–Crippen LogP) is 3.53. The summed E-state index contributed by atoms with van der Waals surface area (Å²) in [4.78, 5) is 15.7. The molecule has 0 saturated heterocycles. The van der Waals surface area contributed by atoms with Gasteiger partial charge in [-0.15, -0.1) is 0 Å². The first kappa shape index (κ1) is 16.8. The highest BCUT2D eigenvalue weighted by Crippen LogP contribution is 2.23. The van der Waals surface area contributed by atoms with Gasteiger partial charge in [-0.05, 0) is 56.6 Å². The second kappa shape index (κ2) is 6.43. The molecular formula is C14H21BrN2O3. The Morgan fingerprint density at radius 3 is 2.55 bits per heavy atom. The molecule has 0 radical (unpaired) electrons. The van der Waals surface area contributed by atoms with Gasteiger partial charge >= 0.3 is 6.09 Å². The number of alkyl carbamates (subject to hydrolysis) is 1. The van der Waals surface area contributed by atoms with E-state index in [0.717, 1.165) is 4.47 Å². The Morgan fingerprint density at radius 1 is 1.35 bits per heavy atom. The van der Waals surface area contributed by atoms with E-state index in [0.29, 0.717) is 12.4 Å². The van der Waals surface area contributed by atoms with Crippen molar-refractivity contribution >= 4 is 22.0 Å². The van der Waals surface area contributed by atoms with Crippen LogP contribution in [0, 0.1) is 0 Å². The minimum Gasteiger partial charge on any atom is -0.488 e. The van der Waals surface area contributed by atoms with Crippen LogP contribution in [-0.4, -0.2) is 28.8 Å². The van der Waals surface area contributed by atoms with Gasteiger partial charge in [0.2, 0.25) is 0 Å². The van der Waals surface area contributed by atoms with Crippen LogP contribution in [0.1, 0.15) is 34.6 Å². The summed E-state index contributed by atoms with van der Waals surface area (Å²) in [6.07, 6.45) is 2.82. The number of hydrogen-bond donors (Lipinski definition) is 1. The van der Waals surface area contributed by atoms with Crippen molar-refractivity contribution in [1.29, 1.82) is 0 Å². The maximum Gasteiger partial charge on any atom is 0.408 e. The summed E-state index contributed by atoms with van der Waals surface area (Å²) in [6.45, 7) is 9.49. The zero-order valence-electron chi connectivity index (χ0n) is 12.5. The van der Waals surface area contributed by atoms with E-state index in [2.05, 4.69) is 26.2 Å². The first-order valence-corrected chi connectivity index (χ1v) is 7.12. The van der Waals surface area contributed by atoms with Gasteiger partial charge in [0.1, 0.15) is 12.2 Å². The van der Waals surface area contributed by atoms with E-state index >= 15 is 0 Å². The molecule has 0 atom stereocenters. The SMILES string of the molecule is CC(C)(COc1cnccc1Br)NC(=O)OC(C)(C)C. The van der Waals surface area contributed by atoms with Gasteiger partial charge in [-0.3, -0.25) is 4.98 Å². The Hall–Kier alpha value is -1.30. The van der Waals surface area contributed by atoms with E-state index in [1.165, 1.54) is 0 Å². The topological polar surface area (TPSA) is 60.5 Å². The number of hydrogen-bond acceptors (Lipinski definition) is 4. The fraction of sp³-hybridized carbons (Fsp3) is 0.571. The van der Waals surface area contributed by atoms with Gasteiger partial charge in [-0.25, -0.2) is 4.79 Å². The molecule has 20 heavy (non-hydrogen) atoms. The molecule has 0 aliphatic carbocycles. The average molecular weight is 345 g/mol. The van der Waals surface area contributed by atoms with Gasteiger partial charge in [-0.2, -0.15) is 0 Å². The minimum absolute atomic E-state index is 0.302. The molecule has 6 heteroatoms. The van der Waals surface area contributed by atoms with Crippen molar-refractivity contribution in [3.8, 4) is 5.75 Å². The van der Waals surface area contributed by atoms with Crippen molar-refractivity contribution in [2.75, 3.05) is 6.61 Å². The summed E-state index contributed by atoms with van der Waals surface area (Å²) in [5, 5.41) is 2.78. The second-order valence-corrected chi connectivity index (χ2v) is 6.96. The average Bonchev–Trinajstić information content (AvgIpc) is 2.24. The van der Waals surface area contributed by atoms with Crippen molar-refractivity contribution < 1.29 is 14.3 Å². The summed E-state index contributed by atoms with van der Waals surface area (Å²) in [5.74, 6) is 0.631. The normalized spacial score (nSPS) is 11.9. The largest absolute Gasteiger partial charge is 0.488 e. The molecule has 112 valence electrons. The van der Waals surface area contributed by atoms with Gasteiger partial charge in [0, 0.05) is 6.20 Å². The Balaban J connectivity index is 2.53. The van der Waals surface area contributed by atoms with Crippen LogP contribution in [0.2, 0.25) is 0 Å². The quantitative estimate of drug-likeness (QED) is 0.907. The van der Waals surface area contributed by atoms with Gasteiger partial charge in [0.15, 0.2) is 5.75 Å². The van der Waals surface area contributed by atoms with Gasteiger partial charge in [-0.1, -0.05) is 0 Å². The number of carbonyl (C=O) groups excluding carboxylic acids is 1. The Bertz CT molecular complexity index is 470. The number of nitrogens with one attached hydrogen (secondary N) is 1. The highest BCUT2D eigenvalue weighted by molar-refractivity contribution is 9.10. The lowest BCUT2D eigenvalue weighted by molar-refractivity contribution is 0.0441. The molecule has 0 aliphatic rings. The molecule has 0 bridgehead atoms. The lowest BCUT2D eigenvalue weighted by atomic mass is 10.1. The van der Waals surface area contributed by atoms with Crippen LogP contribution in [0.4, 0.5) is 4.79 Å². The molecule has 1 amide bonds.